The van der Waals surface area contributed by atoms with E-state index in [2.05, 4.69) is 10.6 Å². The van der Waals surface area contributed by atoms with Crippen molar-refractivity contribution in [3.8, 4) is 5.75 Å². The molecule has 5 N–H and O–H groups in total. The Balaban J connectivity index is 1.15. The fourth-order valence-electron chi connectivity index (χ4n) is 7.43. The minimum absolute atomic E-state index is 0.0679. The number of hydrogen-bond donors (Lipinski definition) is 5. The summed E-state index contributed by atoms with van der Waals surface area (Å²) in [6.07, 6.45) is 3.02. The molecule has 1 fully saturated rings. The molecule has 308 valence electrons. The van der Waals surface area contributed by atoms with Crippen LogP contribution in [0.3, 0.4) is 0 Å². The number of aliphatic hydroxyl groups excluding tert-OH is 2. The monoisotopic (exact) mass is 796 g/mol. The zero-order valence-electron chi connectivity index (χ0n) is 33.2. The molecule has 1 spiro atoms. The molecule has 3 aromatic rings. The maximum absolute atomic E-state index is 13.9. The van der Waals surface area contributed by atoms with Crippen molar-refractivity contribution < 1.29 is 53.4 Å². The van der Waals surface area contributed by atoms with Gasteiger partial charge in [-0.25, -0.2) is 4.79 Å². The van der Waals surface area contributed by atoms with Crippen LogP contribution in [0, 0.1) is 0 Å². The van der Waals surface area contributed by atoms with E-state index in [9.17, 15) is 34.5 Å². The summed E-state index contributed by atoms with van der Waals surface area (Å²) in [4.78, 5) is 53.2. The van der Waals surface area contributed by atoms with E-state index in [4.69, 9.17) is 18.9 Å². The molecule has 1 saturated heterocycles. The normalized spacial score (nSPS) is 21.0. The molecule has 0 aromatic heterocycles. The number of para-hydroxylation sites is 1. The Morgan fingerprint density at radius 1 is 0.948 bits per heavy atom. The summed E-state index contributed by atoms with van der Waals surface area (Å²) in [6, 6.07) is 19.6. The Morgan fingerprint density at radius 3 is 2.26 bits per heavy atom. The third-order valence-corrected chi connectivity index (χ3v) is 10.3. The average Bonchev–Trinajstić information content (AvgIpc) is 3.73. The van der Waals surface area contributed by atoms with Gasteiger partial charge in [0.05, 0.1) is 24.3 Å². The highest BCUT2D eigenvalue weighted by Crippen LogP contribution is 2.45. The fourth-order valence-corrected chi connectivity index (χ4v) is 7.43. The Bertz CT molecular complexity index is 2010. The van der Waals surface area contributed by atoms with E-state index < -0.39 is 78.2 Å². The number of amides is 2. The van der Waals surface area contributed by atoms with Crippen LogP contribution in [0.5, 0.6) is 5.75 Å². The van der Waals surface area contributed by atoms with Gasteiger partial charge in [-0.1, -0.05) is 66.7 Å². The van der Waals surface area contributed by atoms with Crippen molar-refractivity contribution in [2.24, 2.45) is 0 Å². The van der Waals surface area contributed by atoms with Crippen LogP contribution in [0.25, 0.3) is 6.08 Å². The highest BCUT2D eigenvalue weighted by Gasteiger charge is 2.55. The number of phenolic OH excluding ortho intramolecular Hbond substituents is 1. The van der Waals surface area contributed by atoms with Crippen LogP contribution in [0.2, 0.25) is 0 Å². The van der Waals surface area contributed by atoms with Gasteiger partial charge in [0.2, 0.25) is 11.8 Å². The summed E-state index contributed by atoms with van der Waals surface area (Å²) in [5, 5.41) is 35.8. The van der Waals surface area contributed by atoms with Gasteiger partial charge in [-0.2, -0.15) is 0 Å². The van der Waals surface area contributed by atoms with Gasteiger partial charge < -0.3 is 44.9 Å². The van der Waals surface area contributed by atoms with Gasteiger partial charge >= 0.3 is 11.9 Å². The summed E-state index contributed by atoms with van der Waals surface area (Å²) in [6.45, 7) is 6.06. The second-order valence-electron chi connectivity index (χ2n) is 16.1. The van der Waals surface area contributed by atoms with E-state index in [1.165, 1.54) is 6.92 Å². The number of nitrogens with one attached hydrogen (secondary N) is 2. The molecular weight excluding hydrogens is 744 g/mol. The number of carbonyl (C=O) groups is 4. The minimum Gasteiger partial charge on any atom is -0.508 e. The van der Waals surface area contributed by atoms with Crippen molar-refractivity contribution >= 4 is 29.8 Å². The average molecular weight is 797 g/mol. The summed E-state index contributed by atoms with van der Waals surface area (Å²) in [7, 11) is 0. The first-order valence-corrected chi connectivity index (χ1v) is 19.6. The lowest BCUT2D eigenvalue weighted by molar-refractivity contribution is -0.172. The maximum atomic E-state index is 13.9. The zero-order valence-corrected chi connectivity index (χ0v) is 33.2. The van der Waals surface area contributed by atoms with Crippen LogP contribution in [-0.4, -0.2) is 93.6 Å². The number of phenols is 1. The molecular formula is C45H52N2O11. The number of fused-ring (bicyclic) bond motifs is 2. The van der Waals surface area contributed by atoms with Crippen molar-refractivity contribution in [1.82, 2.24) is 10.6 Å². The fraction of sp³-hybridized carbons (Fsp3) is 0.422. The van der Waals surface area contributed by atoms with Gasteiger partial charge in [0, 0.05) is 31.3 Å². The summed E-state index contributed by atoms with van der Waals surface area (Å²) < 4.78 is 24.5. The molecule has 58 heavy (non-hydrogen) atoms. The Morgan fingerprint density at radius 2 is 1.62 bits per heavy atom. The van der Waals surface area contributed by atoms with Crippen LogP contribution in [0.4, 0.5) is 0 Å². The maximum Gasteiger partial charge on any atom is 0.338 e. The number of hydrogen-bond acceptors (Lipinski definition) is 11. The van der Waals surface area contributed by atoms with Crippen molar-refractivity contribution in [3.63, 3.8) is 0 Å². The van der Waals surface area contributed by atoms with Gasteiger partial charge in [0.25, 0.3) is 0 Å². The van der Waals surface area contributed by atoms with Crippen LogP contribution in [0.1, 0.15) is 79.6 Å². The predicted octanol–water partition coefficient (Wildman–Crippen LogP) is 4.25. The Hall–Kier alpha value is -5.34. The molecule has 2 aliphatic carbocycles. The first-order valence-electron chi connectivity index (χ1n) is 19.6. The standard InChI is InChI=1S/C45H52N2O11/c1-27(49)39(42(53)46-34(26-48)20-21-38(51)57-44(2,3)4)47-41(52)33-22-36(40-37(23-33)56-45(58-40)24-31-12-5-6-13-32(31)25-45)55-43(54)30-18-16-28(17-19-30)10-9-14-29-11-7-8-15-35(29)50/h5-13,15-19,23,27,34,36-37,39-40,48-50H,14,20-22,24-26H2,1-4H3,(H,46,53)(H,47,52)/t27-,34-,36+,37+,39+,40-/m0/s1. The zero-order chi connectivity index (χ0) is 41.6. The molecule has 0 bridgehead atoms. The molecule has 6 rings (SSSR count). The number of esters is 2. The van der Waals surface area contributed by atoms with Crippen LogP contribution >= 0.6 is 0 Å². The Kier molecular flexibility index (Phi) is 13.2. The lowest BCUT2D eigenvalue weighted by Gasteiger charge is -2.31. The Labute approximate surface area is 338 Å². The molecule has 0 radical (unpaired) electrons. The number of aromatic hydroxyl groups is 1. The van der Waals surface area contributed by atoms with Crippen molar-refractivity contribution in [1.29, 1.82) is 0 Å². The van der Waals surface area contributed by atoms with Crippen LogP contribution < -0.4 is 10.6 Å². The molecule has 13 heteroatoms. The van der Waals surface area contributed by atoms with Crippen molar-refractivity contribution in [2.45, 2.75) is 114 Å². The van der Waals surface area contributed by atoms with Gasteiger partial charge in [-0.05, 0) is 87.1 Å². The van der Waals surface area contributed by atoms with Crippen LogP contribution in [-0.2, 0) is 52.6 Å². The molecule has 0 saturated carbocycles. The summed E-state index contributed by atoms with van der Waals surface area (Å²) in [5.41, 5.74) is 3.54. The summed E-state index contributed by atoms with van der Waals surface area (Å²) in [5.74, 6) is -3.38. The molecule has 1 aliphatic heterocycles. The number of carbonyl (C=O) groups excluding carboxylic acids is 4. The van der Waals surface area contributed by atoms with E-state index in [1.807, 2.05) is 48.6 Å². The third-order valence-electron chi connectivity index (χ3n) is 10.3. The van der Waals surface area contributed by atoms with E-state index in [-0.39, 0.29) is 36.1 Å². The molecule has 0 unspecified atom stereocenters. The first kappa shape index (κ1) is 42.3. The first-order chi connectivity index (χ1) is 27.6. The molecule has 2 amide bonds. The van der Waals surface area contributed by atoms with Gasteiger partial charge in [0.15, 0.2) is 5.79 Å². The highest BCUT2D eigenvalue weighted by molar-refractivity contribution is 5.98. The van der Waals surface area contributed by atoms with Crippen molar-refractivity contribution in [2.75, 3.05) is 6.61 Å². The largest absolute Gasteiger partial charge is 0.508 e. The summed E-state index contributed by atoms with van der Waals surface area (Å²) >= 11 is 0. The quantitative estimate of drug-likeness (QED) is 0.147. The molecule has 3 aliphatic rings. The van der Waals surface area contributed by atoms with Gasteiger partial charge in [-0.3, -0.25) is 14.4 Å². The topological polar surface area (TPSA) is 190 Å². The molecule has 13 nitrogen and oxygen atoms in total. The predicted molar refractivity (Wildman–Crippen MR) is 213 cm³/mol. The third kappa shape index (κ3) is 10.6. The van der Waals surface area contributed by atoms with E-state index in [0.29, 0.717) is 19.3 Å². The highest BCUT2D eigenvalue weighted by atomic mass is 16.8. The van der Waals surface area contributed by atoms with E-state index >= 15 is 0 Å². The minimum atomic E-state index is -1.43. The number of allylic oxidation sites excluding steroid dienone is 1. The lowest BCUT2D eigenvalue weighted by Crippen LogP contribution is -2.55. The second-order valence-corrected chi connectivity index (χ2v) is 16.1. The van der Waals surface area contributed by atoms with Crippen molar-refractivity contribution in [3.05, 3.63) is 118 Å². The number of aliphatic hydroxyl groups is 2. The molecule has 6 atom stereocenters. The van der Waals surface area contributed by atoms with Crippen LogP contribution in [0.15, 0.2) is 90.5 Å². The van der Waals surface area contributed by atoms with Gasteiger partial charge in [0.1, 0.15) is 35.7 Å². The second kappa shape index (κ2) is 18.1. The number of ether oxygens (including phenoxy) is 4. The van der Waals surface area contributed by atoms with E-state index in [1.54, 1.807) is 63.2 Å². The molecule has 3 aromatic carbocycles. The van der Waals surface area contributed by atoms with Gasteiger partial charge in [-0.15, -0.1) is 0 Å². The number of benzene rings is 3. The smallest absolute Gasteiger partial charge is 0.338 e. The number of rotatable bonds is 14. The lowest BCUT2D eigenvalue weighted by atomic mass is 9.91. The SMILES string of the molecule is C[C@H](O)[C@@H](NC(=O)C1=C[C@H]2OC3(Cc4ccccc4C3)O[C@H]2[C@H](OC(=O)c2ccc(C=CCc3ccccc3O)cc2)C1)C(=O)N[C@H](CO)CCC(=O)OC(C)(C)C. The molecule has 1 heterocycles. The van der Waals surface area contributed by atoms with E-state index in [0.717, 1.165) is 22.3 Å².